The summed E-state index contributed by atoms with van der Waals surface area (Å²) in [5, 5.41) is 0. The Kier molecular flexibility index (Phi) is 4.53. The Labute approximate surface area is 182 Å². The fourth-order valence-electron chi connectivity index (χ4n) is 4.62. The van der Waals surface area contributed by atoms with Crippen molar-refractivity contribution in [1.82, 2.24) is 0 Å². The van der Waals surface area contributed by atoms with Crippen molar-refractivity contribution in [2.24, 2.45) is 0 Å². The van der Waals surface area contributed by atoms with E-state index in [0.29, 0.717) is 18.9 Å². The number of carbonyl (C=O) groups excluding carboxylic acids is 1. The van der Waals surface area contributed by atoms with Gasteiger partial charge in [0.25, 0.3) is 0 Å². The van der Waals surface area contributed by atoms with Gasteiger partial charge >= 0.3 is 6.03 Å². The number of urea groups is 1. The number of aryl methyl sites for hydroxylation is 2. The fourth-order valence-corrected chi connectivity index (χ4v) is 4.62. The first-order valence-electron chi connectivity index (χ1n) is 10.4. The Balaban J connectivity index is 1.71. The maximum atomic E-state index is 14.0. The van der Waals surface area contributed by atoms with Crippen molar-refractivity contribution in [3.05, 3.63) is 101 Å². The van der Waals surface area contributed by atoms with E-state index in [1.54, 1.807) is 6.07 Å². The van der Waals surface area contributed by atoms with Gasteiger partial charge in [-0.15, -0.1) is 0 Å². The zero-order chi connectivity index (χ0) is 21.6. The van der Waals surface area contributed by atoms with Crippen LogP contribution >= 0.6 is 0 Å². The molecule has 0 radical (unpaired) electrons. The first-order chi connectivity index (χ1) is 15.0. The standard InChI is InChI=1S/C26H23N3O2/c1-18-7-11-22(12-8-18)28-24(20-5-4-6-21(15-20)27-3)26(16-31-17-26)29(25(28)30)23-13-9-19(2)10-14-23/h4-15,24H,16-17H2,1-2H3. The molecule has 0 saturated carbocycles. The molecule has 0 aliphatic carbocycles. The maximum absolute atomic E-state index is 14.0. The van der Waals surface area contributed by atoms with Crippen molar-refractivity contribution in [3.8, 4) is 0 Å². The highest BCUT2D eigenvalue weighted by molar-refractivity contribution is 6.09. The van der Waals surface area contributed by atoms with Crippen LogP contribution < -0.4 is 9.80 Å². The molecule has 5 rings (SSSR count). The molecule has 2 aliphatic rings. The molecule has 3 aromatic rings. The minimum Gasteiger partial charge on any atom is -0.376 e. The summed E-state index contributed by atoms with van der Waals surface area (Å²) in [5.41, 5.74) is 4.97. The topological polar surface area (TPSA) is 37.1 Å². The van der Waals surface area contributed by atoms with Crippen molar-refractivity contribution < 1.29 is 9.53 Å². The smallest absolute Gasteiger partial charge is 0.330 e. The number of ether oxygens (including phenoxy) is 1. The molecule has 0 N–H and O–H groups in total. The zero-order valence-corrected chi connectivity index (χ0v) is 17.6. The van der Waals surface area contributed by atoms with Crippen LogP contribution in [-0.2, 0) is 4.74 Å². The molecule has 0 aromatic heterocycles. The van der Waals surface area contributed by atoms with Gasteiger partial charge in [-0.3, -0.25) is 9.80 Å². The second-order valence-electron chi connectivity index (χ2n) is 8.36. The third-order valence-electron chi connectivity index (χ3n) is 6.23. The molecule has 154 valence electrons. The highest BCUT2D eigenvalue weighted by atomic mass is 16.5. The average molecular weight is 409 g/mol. The van der Waals surface area contributed by atoms with E-state index in [1.165, 1.54) is 0 Å². The van der Waals surface area contributed by atoms with Crippen molar-refractivity contribution in [2.45, 2.75) is 25.4 Å². The van der Waals surface area contributed by atoms with E-state index in [9.17, 15) is 4.79 Å². The molecule has 1 spiro atoms. The van der Waals surface area contributed by atoms with Gasteiger partial charge in [-0.1, -0.05) is 59.7 Å². The van der Waals surface area contributed by atoms with E-state index >= 15 is 0 Å². The molecule has 1 unspecified atom stereocenters. The molecule has 2 saturated heterocycles. The molecule has 3 aromatic carbocycles. The van der Waals surface area contributed by atoms with Gasteiger partial charge in [0.15, 0.2) is 5.69 Å². The molecule has 2 heterocycles. The summed E-state index contributed by atoms with van der Waals surface area (Å²) in [6, 6.07) is 23.3. The predicted octanol–water partition coefficient (Wildman–Crippen LogP) is 5.81. The molecular formula is C26H23N3O2. The Morgan fingerprint density at radius 1 is 0.935 bits per heavy atom. The molecular weight excluding hydrogens is 386 g/mol. The van der Waals surface area contributed by atoms with E-state index < -0.39 is 5.54 Å². The summed E-state index contributed by atoms with van der Waals surface area (Å²) in [4.78, 5) is 21.3. The van der Waals surface area contributed by atoms with E-state index in [1.807, 2.05) is 90.4 Å². The number of hydrogen-bond acceptors (Lipinski definition) is 2. The van der Waals surface area contributed by atoms with Crippen LogP contribution in [0.15, 0.2) is 72.8 Å². The number of rotatable bonds is 3. The molecule has 0 bridgehead atoms. The predicted molar refractivity (Wildman–Crippen MR) is 122 cm³/mol. The average Bonchev–Trinajstić information content (AvgIpc) is 3.04. The highest BCUT2D eigenvalue weighted by Crippen LogP contribution is 2.51. The van der Waals surface area contributed by atoms with Gasteiger partial charge in [-0.2, -0.15) is 0 Å². The number of benzene rings is 3. The Hall–Kier alpha value is -3.62. The Morgan fingerprint density at radius 3 is 2.10 bits per heavy atom. The molecule has 1 atom stereocenters. The van der Waals surface area contributed by atoms with E-state index in [0.717, 1.165) is 28.1 Å². The van der Waals surface area contributed by atoms with Crippen molar-refractivity contribution in [3.63, 3.8) is 0 Å². The second kappa shape index (κ2) is 7.26. The van der Waals surface area contributed by atoms with E-state index in [4.69, 9.17) is 11.3 Å². The molecule has 31 heavy (non-hydrogen) atoms. The molecule has 2 fully saturated rings. The lowest BCUT2D eigenvalue weighted by atomic mass is 9.82. The maximum Gasteiger partial charge on any atom is 0.330 e. The monoisotopic (exact) mass is 409 g/mol. The Bertz CT molecular complexity index is 1170. The van der Waals surface area contributed by atoms with Crippen LogP contribution in [-0.4, -0.2) is 24.8 Å². The van der Waals surface area contributed by atoms with E-state index in [2.05, 4.69) is 4.85 Å². The molecule has 5 heteroatoms. The second-order valence-corrected chi connectivity index (χ2v) is 8.36. The lowest BCUT2D eigenvalue weighted by molar-refractivity contribution is -0.0579. The van der Waals surface area contributed by atoms with Crippen LogP contribution in [0.2, 0.25) is 0 Å². The number of amides is 2. The van der Waals surface area contributed by atoms with Crippen LogP contribution in [0.25, 0.3) is 4.85 Å². The van der Waals surface area contributed by atoms with Crippen molar-refractivity contribution >= 4 is 23.1 Å². The molecule has 5 nitrogen and oxygen atoms in total. The van der Waals surface area contributed by atoms with Gasteiger partial charge in [0.1, 0.15) is 5.54 Å². The van der Waals surface area contributed by atoms with Gasteiger partial charge in [-0.25, -0.2) is 9.64 Å². The van der Waals surface area contributed by atoms with Crippen LogP contribution in [0, 0.1) is 20.4 Å². The normalized spacial score (nSPS) is 19.4. The number of nitrogens with zero attached hydrogens (tertiary/aromatic N) is 3. The SMILES string of the molecule is [C-]#[N+]c1cccc(C2N(c3ccc(C)cc3)C(=O)N(c3ccc(C)cc3)C23COC3)c1. The van der Waals surface area contributed by atoms with Gasteiger partial charge in [0.05, 0.1) is 25.8 Å². The van der Waals surface area contributed by atoms with Gasteiger partial charge in [-0.05, 0) is 43.7 Å². The minimum absolute atomic E-state index is 0.0748. The van der Waals surface area contributed by atoms with E-state index in [-0.39, 0.29) is 12.1 Å². The first-order valence-corrected chi connectivity index (χ1v) is 10.4. The summed E-state index contributed by atoms with van der Waals surface area (Å²) < 4.78 is 5.71. The van der Waals surface area contributed by atoms with Crippen LogP contribution in [0.4, 0.5) is 21.9 Å². The van der Waals surface area contributed by atoms with Crippen LogP contribution in [0.5, 0.6) is 0 Å². The summed E-state index contributed by atoms with van der Waals surface area (Å²) in [6.07, 6.45) is 0. The van der Waals surface area contributed by atoms with Crippen molar-refractivity contribution in [1.29, 1.82) is 0 Å². The van der Waals surface area contributed by atoms with Crippen LogP contribution in [0.3, 0.4) is 0 Å². The van der Waals surface area contributed by atoms with Gasteiger partial charge in [0, 0.05) is 11.4 Å². The van der Waals surface area contributed by atoms with Crippen molar-refractivity contribution in [2.75, 3.05) is 23.0 Å². The summed E-state index contributed by atoms with van der Waals surface area (Å²) >= 11 is 0. The largest absolute Gasteiger partial charge is 0.376 e. The van der Waals surface area contributed by atoms with Gasteiger partial charge < -0.3 is 4.74 Å². The summed E-state index contributed by atoms with van der Waals surface area (Å²) in [5.74, 6) is 0. The number of carbonyl (C=O) groups is 1. The molecule has 2 amide bonds. The first kappa shape index (κ1) is 19.3. The third kappa shape index (κ3) is 2.99. The van der Waals surface area contributed by atoms with Gasteiger partial charge in [0.2, 0.25) is 0 Å². The molecule has 2 aliphatic heterocycles. The lowest BCUT2D eigenvalue weighted by Gasteiger charge is -2.47. The fraction of sp³-hybridized carbons (Fsp3) is 0.231. The Morgan fingerprint density at radius 2 is 1.55 bits per heavy atom. The highest BCUT2D eigenvalue weighted by Gasteiger charge is 2.62. The lowest BCUT2D eigenvalue weighted by Crippen LogP contribution is -2.62. The number of hydrogen-bond donors (Lipinski definition) is 0. The third-order valence-corrected chi connectivity index (χ3v) is 6.23. The quantitative estimate of drug-likeness (QED) is 0.512. The zero-order valence-electron chi connectivity index (χ0n) is 17.6. The number of anilines is 2. The van der Waals surface area contributed by atoms with Crippen LogP contribution in [0.1, 0.15) is 22.7 Å². The summed E-state index contributed by atoms with van der Waals surface area (Å²) in [7, 11) is 0. The minimum atomic E-state index is -0.530. The summed E-state index contributed by atoms with van der Waals surface area (Å²) in [6.45, 7) is 12.4.